The van der Waals surface area contributed by atoms with Gasteiger partial charge < -0.3 is 9.84 Å². The summed E-state index contributed by atoms with van der Waals surface area (Å²) in [6.07, 6.45) is 15.0. The molecule has 0 aromatic rings. The Kier molecular flexibility index (Phi) is 3.94. The van der Waals surface area contributed by atoms with Gasteiger partial charge in [-0.2, -0.15) is 0 Å². The molecule has 3 fully saturated rings. The van der Waals surface area contributed by atoms with Crippen molar-refractivity contribution in [2.45, 2.75) is 71.0 Å². The lowest BCUT2D eigenvalue weighted by molar-refractivity contribution is -0.270. The third kappa shape index (κ3) is 2.30. The molecule has 3 heteroatoms. The molecule has 0 aliphatic heterocycles. The Bertz CT molecular complexity index is 659. The molecule has 0 spiro atoms. The van der Waals surface area contributed by atoms with E-state index in [1.54, 1.807) is 0 Å². The van der Waals surface area contributed by atoms with E-state index >= 15 is 0 Å². The van der Waals surface area contributed by atoms with Crippen LogP contribution in [0.15, 0.2) is 11.6 Å². The van der Waals surface area contributed by atoms with E-state index in [-0.39, 0.29) is 17.4 Å². The Morgan fingerprint density at radius 1 is 1.20 bits per heavy atom. The highest BCUT2D eigenvalue weighted by atomic mass is 16.6. The van der Waals surface area contributed by atoms with Gasteiger partial charge in [0.05, 0.1) is 0 Å². The predicted molar refractivity (Wildman–Crippen MR) is 96.4 cm³/mol. The maximum Gasteiger partial charge on any atom is 0.172 e. The van der Waals surface area contributed by atoms with Crippen LogP contribution in [0.4, 0.5) is 0 Å². The van der Waals surface area contributed by atoms with Crippen LogP contribution in [0.2, 0.25) is 0 Å². The van der Waals surface area contributed by atoms with Crippen molar-refractivity contribution in [3.05, 3.63) is 11.6 Å². The standard InChI is InChI=1S/C22H30O3/c1-4-13-25-22(24)12-9-19-17-6-5-15-14-16(23)7-10-20(15,2)18(17)8-11-21(19,22)3/h1,14,17-19,24H,5-13H2,2-3H3/t17?,18-,19-,20+,21+,22+/m1/s1. The van der Waals surface area contributed by atoms with Gasteiger partial charge in [-0.1, -0.05) is 25.3 Å². The Balaban J connectivity index is 1.64. The van der Waals surface area contributed by atoms with E-state index in [1.165, 1.54) is 5.57 Å². The Hall–Kier alpha value is -1.11. The zero-order valence-electron chi connectivity index (χ0n) is 15.5. The molecule has 0 aromatic carbocycles. The van der Waals surface area contributed by atoms with Crippen LogP contribution in [0, 0.1) is 40.9 Å². The summed E-state index contributed by atoms with van der Waals surface area (Å²) >= 11 is 0. The normalized spacial score (nSPS) is 48.8. The molecule has 1 unspecified atom stereocenters. The van der Waals surface area contributed by atoms with Crippen LogP contribution in [-0.4, -0.2) is 23.3 Å². The molecular weight excluding hydrogens is 312 g/mol. The van der Waals surface area contributed by atoms with Gasteiger partial charge in [-0.15, -0.1) is 6.42 Å². The molecule has 0 aromatic heterocycles. The number of carbonyl (C=O) groups excluding carboxylic acids is 1. The van der Waals surface area contributed by atoms with Crippen molar-refractivity contribution in [2.24, 2.45) is 28.6 Å². The van der Waals surface area contributed by atoms with Gasteiger partial charge in [0.2, 0.25) is 0 Å². The predicted octanol–water partition coefficient (Wildman–Crippen LogP) is 3.86. The van der Waals surface area contributed by atoms with Crippen LogP contribution < -0.4 is 0 Å². The largest absolute Gasteiger partial charge is 0.365 e. The molecule has 4 aliphatic rings. The molecule has 136 valence electrons. The second kappa shape index (κ2) is 5.69. The average Bonchev–Trinajstić information content (AvgIpc) is 2.85. The quantitative estimate of drug-likeness (QED) is 0.612. The van der Waals surface area contributed by atoms with Crippen molar-refractivity contribution in [1.29, 1.82) is 0 Å². The number of hydrogen-bond acceptors (Lipinski definition) is 3. The van der Waals surface area contributed by atoms with Gasteiger partial charge in [0.15, 0.2) is 11.6 Å². The number of aliphatic hydroxyl groups is 1. The van der Waals surface area contributed by atoms with Crippen LogP contribution >= 0.6 is 0 Å². The van der Waals surface area contributed by atoms with Gasteiger partial charge in [0.1, 0.15) is 6.61 Å². The number of ketones is 1. The number of fused-ring (bicyclic) bond motifs is 5. The molecule has 3 saturated carbocycles. The first kappa shape index (κ1) is 17.3. The summed E-state index contributed by atoms with van der Waals surface area (Å²) in [7, 11) is 0. The minimum Gasteiger partial charge on any atom is -0.365 e. The van der Waals surface area contributed by atoms with E-state index in [0.717, 1.165) is 38.5 Å². The van der Waals surface area contributed by atoms with Gasteiger partial charge in [-0.25, -0.2) is 0 Å². The molecule has 0 saturated heterocycles. The Morgan fingerprint density at radius 3 is 2.72 bits per heavy atom. The molecular formula is C22H30O3. The van der Waals surface area contributed by atoms with Crippen molar-refractivity contribution in [3.8, 4) is 12.3 Å². The lowest BCUT2D eigenvalue weighted by Crippen LogP contribution is -2.55. The van der Waals surface area contributed by atoms with Crippen LogP contribution in [0.25, 0.3) is 0 Å². The van der Waals surface area contributed by atoms with Crippen molar-refractivity contribution in [1.82, 2.24) is 0 Å². The minimum absolute atomic E-state index is 0.179. The third-order valence-electron chi connectivity index (χ3n) is 8.43. The maximum atomic E-state index is 11.9. The molecule has 3 nitrogen and oxygen atoms in total. The first-order valence-electron chi connectivity index (χ1n) is 9.88. The van der Waals surface area contributed by atoms with Crippen LogP contribution in [-0.2, 0) is 9.53 Å². The number of hydrogen-bond donors (Lipinski definition) is 1. The van der Waals surface area contributed by atoms with E-state index in [4.69, 9.17) is 11.2 Å². The van der Waals surface area contributed by atoms with Gasteiger partial charge in [0.25, 0.3) is 0 Å². The molecule has 0 radical (unpaired) electrons. The zero-order valence-corrected chi connectivity index (χ0v) is 15.5. The molecule has 4 aliphatic carbocycles. The fraction of sp³-hybridized carbons (Fsp3) is 0.773. The topological polar surface area (TPSA) is 46.5 Å². The maximum absolute atomic E-state index is 11.9. The van der Waals surface area contributed by atoms with Crippen LogP contribution in [0.3, 0.4) is 0 Å². The van der Waals surface area contributed by atoms with E-state index in [1.807, 2.05) is 6.08 Å². The molecule has 1 N–H and O–H groups in total. The van der Waals surface area contributed by atoms with Crippen molar-refractivity contribution < 1.29 is 14.6 Å². The molecule has 0 amide bonds. The van der Waals surface area contributed by atoms with E-state index < -0.39 is 5.79 Å². The first-order chi connectivity index (χ1) is 11.8. The fourth-order valence-corrected chi connectivity index (χ4v) is 6.93. The highest BCUT2D eigenvalue weighted by molar-refractivity contribution is 5.91. The van der Waals surface area contributed by atoms with E-state index in [9.17, 15) is 9.90 Å². The van der Waals surface area contributed by atoms with Crippen molar-refractivity contribution in [3.63, 3.8) is 0 Å². The number of carbonyl (C=O) groups is 1. The SMILES string of the molecule is C#CCO[C@@]1(O)CC[C@@H]2C3CCC4=CC(=O)CC[C@]4(C)[C@@H]3CC[C@@]21C. The molecule has 0 bridgehead atoms. The smallest absolute Gasteiger partial charge is 0.172 e. The Labute approximate surface area is 151 Å². The summed E-state index contributed by atoms with van der Waals surface area (Å²) in [5.74, 6) is 3.50. The summed E-state index contributed by atoms with van der Waals surface area (Å²) in [6.45, 7) is 4.79. The summed E-state index contributed by atoms with van der Waals surface area (Å²) in [6, 6.07) is 0. The number of rotatable bonds is 2. The monoisotopic (exact) mass is 342 g/mol. The lowest BCUT2D eigenvalue weighted by atomic mass is 9.47. The average molecular weight is 342 g/mol. The molecule has 4 rings (SSSR count). The fourth-order valence-electron chi connectivity index (χ4n) is 6.93. The lowest BCUT2D eigenvalue weighted by Gasteiger charge is -2.58. The summed E-state index contributed by atoms with van der Waals surface area (Å²) in [5, 5.41) is 11.2. The van der Waals surface area contributed by atoms with E-state index in [0.29, 0.717) is 36.4 Å². The Morgan fingerprint density at radius 2 is 1.96 bits per heavy atom. The molecule has 0 heterocycles. The van der Waals surface area contributed by atoms with Crippen molar-refractivity contribution >= 4 is 5.78 Å². The van der Waals surface area contributed by atoms with Gasteiger partial charge in [-0.05, 0) is 67.8 Å². The van der Waals surface area contributed by atoms with Crippen LogP contribution in [0.1, 0.15) is 65.2 Å². The van der Waals surface area contributed by atoms with Gasteiger partial charge in [0, 0.05) is 18.3 Å². The summed E-state index contributed by atoms with van der Waals surface area (Å²) < 4.78 is 5.80. The second-order valence-corrected chi connectivity index (χ2v) is 9.24. The first-order valence-corrected chi connectivity index (χ1v) is 9.88. The molecule has 6 atom stereocenters. The van der Waals surface area contributed by atoms with Gasteiger partial charge >= 0.3 is 0 Å². The molecule has 25 heavy (non-hydrogen) atoms. The zero-order chi connectivity index (χ0) is 17.9. The van der Waals surface area contributed by atoms with Gasteiger partial charge in [-0.3, -0.25) is 4.79 Å². The number of terminal acetylenes is 1. The highest BCUT2D eigenvalue weighted by Crippen LogP contribution is 2.67. The second-order valence-electron chi connectivity index (χ2n) is 9.24. The number of allylic oxidation sites excluding steroid dienone is 1. The summed E-state index contributed by atoms with van der Waals surface area (Å²) in [5.41, 5.74) is 1.37. The number of ether oxygens (including phenoxy) is 1. The minimum atomic E-state index is -1.07. The highest BCUT2D eigenvalue weighted by Gasteiger charge is 2.64. The summed E-state index contributed by atoms with van der Waals surface area (Å²) in [4.78, 5) is 11.9. The van der Waals surface area contributed by atoms with E-state index in [2.05, 4.69) is 19.8 Å². The third-order valence-corrected chi connectivity index (χ3v) is 8.43. The van der Waals surface area contributed by atoms with Crippen molar-refractivity contribution in [2.75, 3.05) is 6.61 Å². The van der Waals surface area contributed by atoms with Crippen LogP contribution in [0.5, 0.6) is 0 Å².